The van der Waals surface area contributed by atoms with Gasteiger partial charge in [-0.25, -0.2) is 4.39 Å². The van der Waals surface area contributed by atoms with Crippen LogP contribution < -0.4 is 5.32 Å². The van der Waals surface area contributed by atoms with Crippen molar-refractivity contribution in [2.75, 3.05) is 13.1 Å². The molecule has 1 saturated heterocycles. The quantitative estimate of drug-likeness (QED) is 0.702. The number of phenolic OH excluding ortho intramolecular Hbond substituents is 1. The highest BCUT2D eigenvalue weighted by molar-refractivity contribution is 5.42. The molecule has 1 aliphatic heterocycles. The Hall–Kier alpha value is -1.79. The Labute approximate surface area is 113 Å². The number of phenols is 1. The van der Waals surface area contributed by atoms with Crippen LogP contribution in [0.15, 0.2) is 29.8 Å². The number of halogens is 1. The number of hydrogen-bond donors (Lipinski definition) is 2. The van der Waals surface area contributed by atoms with E-state index in [1.54, 1.807) is 0 Å². The molecular formula is C16H18FNO. The van der Waals surface area contributed by atoms with Gasteiger partial charge in [-0.15, -0.1) is 0 Å². The second-order valence-corrected chi connectivity index (χ2v) is 5.45. The summed E-state index contributed by atoms with van der Waals surface area (Å²) in [6.45, 7) is 6.28. The Morgan fingerprint density at radius 2 is 2.16 bits per heavy atom. The van der Waals surface area contributed by atoms with E-state index in [0.29, 0.717) is 5.56 Å². The summed E-state index contributed by atoms with van der Waals surface area (Å²) in [7, 11) is 0. The molecule has 0 saturated carbocycles. The minimum absolute atomic E-state index is 0.0980. The third-order valence-electron chi connectivity index (χ3n) is 3.35. The Kier molecular flexibility index (Phi) is 3.92. The fourth-order valence-electron chi connectivity index (χ4n) is 2.20. The van der Waals surface area contributed by atoms with E-state index in [1.165, 1.54) is 17.7 Å². The van der Waals surface area contributed by atoms with Gasteiger partial charge in [-0.05, 0) is 36.6 Å². The van der Waals surface area contributed by atoms with Crippen molar-refractivity contribution < 1.29 is 9.50 Å². The topological polar surface area (TPSA) is 32.3 Å². The molecule has 2 nitrogen and oxygen atoms in total. The molecule has 2 N–H and O–H groups in total. The standard InChI is InChI=1S/C16H18FNO/c1-16(2)11-18-7-6-13(16)5-3-4-12-8-14(17)10-15(19)9-12/h5,8-10,18-19H,6-7,11H2,1-2H3/b13-5+. The van der Waals surface area contributed by atoms with Gasteiger partial charge in [0.2, 0.25) is 0 Å². The van der Waals surface area contributed by atoms with Crippen LogP contribution in [0.2, 0.25) is 0 Å². The molecule has 1 aliphatic rings. The molecule has 0 amide bonds. The van der Waals surface area contributed by atoms with Crippen molar-refractivity contribution in [3.05, 3.63) is 41.2 Å². The Bertz CT molecular complexity index is 544. The van der Waals surface area contributed by atoms with Crippen LogP contribution in [0.4, 0.5) is 4.39 Å². The Balaban J connectivity index is 2.20. The van der Waals surface area contributed by atoms with Crippen molar-refractivity contribution >= 4 is 0 Å². The van der Waals surface area contributed by atoms with Gasteiger partial charge in [0.05, 0.1) is 0 Å². The first-order valence-corrected chi connectivity index (χ1v) is 6.39. The summed E-state index contributed by atoms with van der Waals surface area (Å²) in [5.41, 5.74) is 1.90. The van der Waals surface area contributed by atoms with Crippen LogP contribution in [0, 0.1) is 23.1 Å². The predicted molar refractivity (Wildman–Crippen MR) is 74.3 cm³/mol. The molecule has 3 heteroatoms. The van der Waals surface area contributed by atoms with Gasteiger partial charge >= 0.3 is 0 Å². The first-order chi connectivity index (χ1) is 8.97. The second kappa shape index (κ2) is 5.46. The summed E-state index contributed by atoms with van der Waals surface area (Å²) in [5, 5.41) is 12.6. The molecule has 1 aromatic rings. The van der Waals surface area contributed by atoms with Gasteiger partial charge in [0, 0.05) is 18.2 Å². The highest BCUT2D eigenvalue weighted by Crippen LogP contribution is 2.30. The molecule has 1 aromatic carbocycles. The van der Waals surface area contributed by atoms with E-state index < -0.39 is 5.82 Å². The van der Waals surface area contributed by atoms with Crippen molar-refractivity contribution in [3.8, 4) is 17.6 Å². The minimum Gasteiger partial charge on any atom is -0.508 e. The van der Waals surface area contributed by atoms with Crippen LogP contribution in [-0.2, 0) is 0 Å². The van der Waals surface area contributed by atoms with E-state index in [4.69, 9.17) is 0 Å². The van der Waals surface area contributed by atoms with Gasteiger partial charge in [0.1, 0.15) is 11.6 Å². The Morgan fingerprint density at radius 3 is 2.84 bits per heavy atom. The molecule has 0 aliphatic carbocycles. The SMILES string of the molecule is CC1(C)CNCC/C1=C\C#Cc1cc(O)cc(F)c1. The molecule has 19 heavy (non-hydrogen) atoms. The van der Waals surface area contributed by atoms with Crippen molar-refractivity contribution in [2.24, 2.45) is 5.41 Å². The molecule has 0 unspecified atom stereocenters. The molecule has 0 radical (unpaired) electrons. The van der Waals surface area contributed by atoms with Gasteiger partial charge in [-0.2, -0.15) is 0 Å². The normalized spacial score (nSPS) is 19.8. The first-order valence-electron chi connectivity index (χ1n) is 6.39. The van der Waals surface area contributed by atoms with E-state index in [1.807, 2.05) is 6.08 Å². The van der Waals surface area contributed by atoms with Crippen LogP contribution >= 0.6 is 0 Å². The van der Waals surface area contributed by atoms with Crippen LogP contribution in [0.25, 0.3) is 0 Å². The maximum absolute atomic E-state index is 13.1. The lowest BCUT2D eigenvalue weighted by molar-refractivity contribution is 0.357. The predicted octanol–water partition coefficient (Wildman–Crippen LogP) is 2.83. The molecule has 0 bridgehead atoms. The zero-order valence-corrected chi connectivity index (χ0v) is 11.3. The average molecular weight is 259 g/mol. The van der Waals surface area contributed by atoms with E-state index >= 15 is 0 Å². The van der Waals surface area contributed by atoms with Gasteiger partial charge in [-0.3, -0.25) is 0 Å². The summed E-state index contributed by atoms with van der Waals surface area (Å²) in [5.74, 6) is 5.26. The van der Waals surface area contributed by atoms with E-state index in [2.05, 4.69) is 31.0 Å². The monoisotopic (exact) mass is 259 g/mol. The van der Waals surface area contributed by atoms with E-state index in [0.717, 1.165) is 25.6 Å². The molecule has 0 aromatic heterocycles. The van der Waals surface area contributed by atoms with E-state index in [9.17, 15) is 9.50 Å². The molecule has 1 fully saturated rings. The summed E-state index contributed by atoms with van der Waals surface area (Å²) in [6.07, 6.45) is 2.90. The Morgan fingerprint density at radius 1 is 1.37 bits per heavy atom. The molecule has 100 valence electrons. The lowest BCUT2D eigenvalue weighted by Gasteiger charge is -2.33. The largest absolute Gasteiger partial charge is 0.508 e. The summed E-state index contributed by atoms with van der Waals surface area (Å²) < 4.78 is 13.1. The van der Waals surface area contributed by atoms with Crippen LogP contribution in [0.5, 0.6) is 5.75 Å². The second-order valence-electron chi connectivity index (χ2n) is 5.45. The summed E-state index contributed by atoms with van der Waals surface area (Å²) in [4.78, 5) is 0. The molecule has 2 rings (SSSR count). The molecule has 0 atom stereocenters. The smallest absolute Gasteiger partial charge is 0.128 e. The summed E-state index contributed by atoms with van der Waals surface area (Å²) >= 11 is 0. The first kappa shape index (κ1) is 13.6. The summed E-state index contributed by atoms with van der Waals surface area (Å²) in [6, 6.07) is 3.85. The highest BCUT2D eigenvalue weighted by atomic mass is 19.1. The average Bonchev–Trinajstić information content (AvgIpc) is 2.30. The van der Waals surface area contributed by atoms with Gasteiger partial charge < -0.3 is 10.4 Å². The van der Waals surface area contributed by atoms with Crippen LogP contribution in [0.1, 0.15) is 25.8 Å². The van der Waals surface area contributed by atoms with Crippen molar-refractivity contribution in [1.82, 2.24) is 5.32 Å². The number of aromatic hydroxyl groups is 1. The van der Waals surface area contributed by atoms with Gasteiger partial charge in [0.15, 0.2) is 0 Å². The maximum atomic E-state index is 13.1. The van der Waals surface area contributed by atoms with Crippen molar-refractivity contribution in [2.45, 2.75) is 20.3 Å². The van der Waals surface area contributed by atoms with Gasteiger partial charge in [-0.1, -0.05) is 31.3 Å². The number of benzene rings is 1. The molecule has 0 spiro atoms. The van der Waals surface area contributed by atoms with Crippen LogP contribution in [-0.4, -0.2) is 18.2 Å². The number of rotatable bonds is 0. The fraction of sp³-hybridized carbons (Fsp3) is 0.375. The zero-order valence-electron chi connectivity index (χ0n) is 11.3. The number of nitrogens with one attached hydrogen (secondary N) is 1. The maximum Gasteiger partial charge on any atom is 0.128 e. The lowest BCUT2D eigenvalue weighted by Crippen LogP contribution is -2.37. The van der Waals surface area contributed by atoms with Crippen LogP contribution in [0.3, 0.4) is 0 Å². The zero-order chi connectivity index (χ0) is 13.9. The number of piperidine rings is 1. The number of allylic oxidation sites excluding steroid dienone is 1. The van der Waals surface area contributed by atoms with Crippen molar-refractivity contribution in [1.29, 1.82) is 0 Å². The molecular weight excluding hydrogens is 241 g/mol. The minimum atomic E-state index is -0.473. The van der Waals surface area contributed by atoms with Crippen molar-refractivity contribution in [3.63, 3.8) is 0 Å². The third-order valence-corrected chi connectivity index (χ3v) is 3.35. The fourth-order valence-corrected chi connectivity index (χ4v) is 2.20. The van der Waals surface area contributed by atoms with E-state index in [-0.39, 0.29) is 11.2 Å². The number of hydrogen-bond acceptors (Lipinski definition) is 2. The molecule has 1 heterocycles. The lowest BCUT2D eigenvalue weighted by atomic mass is 9.79. The van der Waals surface area contributed by atoms with Gasteiger partial charge in [0.25, 0.3) is 0 Å². The highest BCUT2D eigenvalue weighted by Gasteiger charge is 2.25. The third kappa shape index (κ3) is 3.59.